The summed E-state index contributed by atoms with van der Waals surface area (Å²) in [5.41, 5.74) is 2.49. The summed E-state index contributed by atoms with van der Waals surface area (Å²) in [6.07, 6.45) is 0. The fourth-order valence-electron chi connectivity index (χ4n) is 1.31. The van der Waals surface area contributed by atoms with E-state index in [1.165, 1.54) is 37.2 Å². The van der Waals surface area contributed by atoms with Crippen molar-refractivity contribution in [1.29, 1.82) is 0 Å². The first-order chi connectivity index (χ1) is 5.15. The molecule has 0 aromatic heterocycles. The van der Waals surface area contributed by atoms with Crippen LogP contribution >= 0.6 is 0 Å². The molecule has 1 aromatic rings. The minimum atomic E-state index is 1.03. The van der Waals surface area contributed by atoms with E-state index in [0.717, 1.165) is 5.75 Å². The molecule has 1 nitrogen and oxygen atoms in total. The Balaban J connectivity index is 3.25. The summed E-state index contributed by atoms with van der Waals surface area (Å²) in [6.45, 7) is 4.18. The van der Waals surface area contributed by atoms with Gasteiger partial charge >= 0.3 is 80.8 Å². The van der Waals surface area contributed by atoms with Crippen molar-refractivity contribution in [3.05, 3.63) is 23.3 Å². The molecule has 0 saturated heterocycles. The average molecular weight is 255 g/mol. The summed E-state index contributed by atoms with van der Waals surface area (Å²) in [4.78, 5) is 0. The Kier molecular flexibility index (Phi) is 2.82. The Labute approximate surface area is 80.8 Å². The summed E-state index contributed by atoms with van der Waals surface area (Å²) < 4.78 is 6.67. The third kappa shape index (κ3) is 1.89. The number of hydrogen-bond acceptors (Lipinski definition) is 1. The fourth-order valence-corrected chi connectivity index (χ4v) is 2.73. The number of methoxy groups -OCH3 is 1. The SMILES string of the molecule is COc1c(C)c[c]([SnH])cc1C. The molecule has 0 fully saturated rings. The molecular formula is C9H12OSn. The molecule has 0 heterocycles. The normalized spacial score (nSPS) is 9.82. The first-order valence-corrected chi connectivity index (χ1v) is 5.20. The summed E-state index contributed by atoms with van der Waals surface area (Å²) in [7, 11) is 1.72. The molecule has 2 heteroatoms. The van der Waals surface area contributed by atoms with E-state index in [0.29, 0.717) is 0 Å². The molecule has 1 rings (SSSR count). The van der Waals surface area contributed by atoms with Crippen LogP contribution in [0.25, 0.3) is 0 Å². The number of ether oxygens (including phenoxy) is 1. The molecule has 0 aliphatic carbocycles. The number of benzene rings is 1. The van der Waals surface area contributed by atoms with Crippen LogP contribution < -0.4 is 8.32 Å². The van der Waals surface area contributed by atoms with Gasteiger partial charge in [0.2, 0.25) is 0 Å². The third-order valence-corrected chi connectivity index (χ3v) is 2.64. The van der Waals surface area contributed by atoms with E-state index in [1.807, 2.05) is 0 Å². The van der Waals surface area contributed by atoms with Crippen LogP contribution in [0.5, 0.6) is 5.75 Å². The van der Waals surface area contributed by atoms with E-state index in [-0.39, 0.29) is 0 Å². The van der Waals surface area contributed by atoms with Gasteiger partial charge in [-0.05, 0) is 0 Å². The summed E-state index contributed by atoms with van der Waals surface area (Å²) in [5.74, 6) is 1.03. The summed E-state index contributed by atoms with van der Waals surface area (Å²) in [5, 5.41) is 0. The van der Waals surface area contributed by atoms with Crippen LogP contribution in [0, 0.1) is 13.8 Å². The fraction of sp³-hybridized carbons (Fsp3) is 0.333. The van der Waals surface area contributed by atoms with Crippen molar-refractivity contribution >= 4 is 26.1 Å². The maximum absolute atomic E-state index is 5.25. The second kappa shape index (κ2) is 3.48. The average Bonchev–Trinajstić information content (AvgIpc) is 1.85. The van der Waals surface area contributed by atoms with E-state index in [4.69, 9.17) is 4.74 Å². The second-order valence-electron chi connectivity index (χ2n) is 2.69. The van der Waals surface area contributed by atoms with Gasteiger partial charge in [-0.3, -0.25) is 0 Å². The summed E-state index contributed by atoms with van der Waals surface area (Å²) >= 11 is 1.18. The van der Waals surface area contributed by atoms with E-state index < -0.39 is 0 Å². The van der Waals surface area contributed by atoms with Crippen molar-refractivity contribution in [3.8, 4) is 5.75 Å². The zero-order valence-electron chi connectivity index (χ0n) is 7.14. The van der Waals surface area contributed by atoms with Gasteiger partial charge in [0.25, 0.3) is 0 Å². The molecule has 0 aliphatic heterocycles. The Morgan fingerprint density at radius 3 is 2.00 bits per heavy atom. The van der Waals surface area contributed by atoms with Crippen LogP contribution in [0.2, 0.25) is 0 Å². The molecule has 0 aliphatic rings. The molecule has 0 spiro atoms. The van der Waals surface area contributed by atoms with Gasteiger partial charge in [0.05, 0.1) is 0 Å². The van der Waals surface area contributed by atoms with Crippen molar-refractivity contribution in [2.45, 2.75) is 13.8 Å². The van der Waals surface area contributed by atoms with Gasteiger partial charge in [0, 0.05) is 0 Å². The van der Waals surface area contributed by atoms with E-state index in [9.17, 15) is 0 Å². The van der Waals surface area contributed by atoms with Crippen LogP contribution in [0.4, 0.5) is 0 Å². The van der Waals surface area contributed by atoms with Crippen LogP contribution in [0.15, 0.2) is 12.1 Å². The predicted molar refractivity (Wildman–Crippen MR) is 49.3 cm³/mol. The van der Waals surface area contributed by atoms with Gasteiger partial charge < -0.3 is 0 Å². The Morgan fingerprint density at radius 1 is 1.18 bits per heavy atom. The van der Waals surface area contributed by atoms with Gasteiger partial charge in [-0.1, -0.05) is 0 Å². The topological polar surface area (TPSA) is 9.23 Å². The summed E-state index contributed by atoms with van der Waals surface area (Å²) in [6, 6.07) is 4.38. The number of rotatable bonds is 1. The van der Waals surface area contributed by atoms with Gasteiger partial charge in [-0.15, -0.1) is 0 Å². The Hall–Kier alpha value is -0.181. The molecule has 1 aromatic carbocycles. The van der Waals surface area contributed by atoms with Crippen molar-refractivity contribution in [2.24, 2.45) is 0 Å². The van der Waals surface area contributed by atoms with Crippen molar-refractivity contribution in [2.75, 3.05) is 7.11 Å². The predicted octanol–water partition coefficient (Wildman–Crippen LogP) is 0.838. The van der Waals surface area contributed by atoms with Crippen LogP contribution in [-0.2, 0) is 0 Å². The van der Waals surface area contributed by atoms with Crippen molar-refractivity contribution in [3.63, 3.8) is 0 Å². The first kappa shape index (κ1) is 8.91. The number of hydrogen-bond donors (Lipinski definition) is 0. The van der Waals surface area contributed by atoms with E-state index in [1.54, 1.807) is 7.11 Å². The van der Waals surface area contributed by atoms with Crippen LogP contribution in [-0.4, -0.2) is 29.6 Å². The van der Waals surface area contributed by atoms with Gasteiger partial charge in [-0.25, -0.2) is 0 Å². The molecule has 2 radical (unpaired) electrons. The zero-order valence-corrected chi connectivity index (χ0v) is 10.4. The maximum atomic E-state index is 5.25. The van der Waals surface area contributed by atoms with Crippen LogP contribution in [0.1, 0.15) is 11.1 Å². The van der Waals surface area contributed by atoms with Crippen LogP contribution in [0.3, 0.4) is 0 Å². The molecule has 11 heavy (non-hydrogen) atoms. The standard InChI is InChI=1S/C9H11O.Sn.H/c1-7-5-4-6-8(2)9(7)10-3;;/h5-6H,1-3H3;;. The molecular weight excluding hydrogens is 243 g/mol. The van der Waals surface area contributed by atoms with Gasteiger partial charge in [-0.2, -0.15) is 0 Å². The van der Waals surface area contributed by atoms with E-state index >= 15 is 0 Å². The third-order valence-electron chi connectivity index (χ3n) is 1.69. The molecule has 0 saturated carbocycles. The second-order valence-corrected chi connectivity index (χ2v) is 4.59. The molecule has 0 atom stereocenters. The Morgan fingerprint density at radius 2 is 1.64 bits per heavy atom. The molecule has 0 bridgehead atoms. The minimum absolute atomic E-state index is 1.03. The molecule has 0 N–H and O–H groups in total. The monoisotopic (exact) mass is 256 g/mol. The van der Waals surface area contributed by atoms with Gasteiger partial charge in [0.1, 0.15) is 0 Å². The molecule has 58 valence electrons. The Bertz CT molecular complexity index is 245. The first-order valence-electron chi connectivity index (χ1n) is 3.56. The van der Waals surface area contributed by atoms with Gasteiger partial charge in [0.15, 0.2) is 0 Å². The van der Waals surface area contributed by atoms with E-state index in [2.05, 4.69) is 26.0 Å². The zero-order chi connectivity index (χ0) is 8.43. The van der Waals surface area contributed by atoms with Crippen molar-refractivity contribution < 1.29 is 4.74 Å². The molecule has 0 amide bonds. The number of aryl methyl sites for hydroxylation is 2. The molecule has 0 unspecified atom stereocenters. The quantitative estimate of drug-likeness (QED) is 0.675. The van der Waals surface area contributed by atoms with Crippen molar-refractivity contribution in [1.82, 2.24) is 0 Å².